The van der Waals surface area contributed by atoms with E-state index in [1.54, 1.807) is 4.90 Å². The summed E-state index contributed by atoms with van der Waals surface area (Å²) in [5.74, 6) is 1.35. The monoisotopic (exact) mass is 783 g/mol. The number of anilines is 1. The zero-order chi connectivity index (χ0) is 40.4. The number of β-amino-alcohol motifs (C(OH)–C–C–N with tert-alkyl or cyclic N) is 1. The Morgan fingerprint density at radius 2 is 1.70 bits per heavy atom. The number of ether oxygens (including phenoxy) is 2. The summed E-state index contributed by atoms with van der Waals surface area (Å²) in [6.45, 7) is 17.0. The van der Waals surface area contributed by atoms with Crippen molar-refractivity contribution in [2.45, 2.75) is 91.5 Å². The van der Waals surface area contributed by atoms with Crippen molar-refractivity contribution in [3.63, 3.8) is 0 Å². The van der Waals surface area contributed by atoms with Gasteiger partial charge in [0.25, 0.3) is 0 Å². The van der Waals surface area contributed by atoms with Crippen LogP contribution in [-0.2, 0) is 4.74 Å². The third-order valence-corrected chi connectivity index (χ3v) is 11.5. The first kappa shape index (κ1) is 40.4. The van der Waals surface area contributed by atoms with Gasteiger partial charge in [-0.3, -0.25) is 0 Å². The fourth-order valence-corrected chi connectivity index (χ4v) is 8.52. The molecule has 0 saturated carbocycles. The summed E-state index contributed by atoms with van der Waals surface area (Å²) < 4.78 is 27.1. The number of piperidine rings is 2. The first-order chi connectivity index (χ1) is 27.2. The number of aliphatic hydroxyl groups is 1. The number of aromatic nitrogens is 3. The van der Waals surface area contributed by atoms with Gasteiger partial charge in [-0.2, -0.15) is 0 Å². The lowest BCUT2D eigenvalue weighted by molar-refractivity contribution is 0.0156. The van der Waals surface area contributed by atoms with Gasteiger partial charge in [0.2, 0.25) is 0 Å². The minimum Gasteiger partial charge on any atom is -0.490 e. The molecular weight excluding hydrogens is 726 g/mol. The maximum atomic E-state index is 15.2. The third kappa shape index (κ3) is 9.87. The molecule has 306 valence electrons. The van der Waals surface area contributed by atoms with Crippen molar-refractivity contribution >= 4 is 28.8 Å². The molecule has 3 aliphatic rings. The fourth-order valence-electron chi connectivity index (χ4n) is 8.52. The molecule has 0 spiro atoms. The second kappa shape index (κ2) is 17.0. The molecule has 2 aromatic heterocycles. The van der Waals surface area contributed by atoms with E-state index in [9.17, 15) is 14.7 Å². The number of likely N-dealkylation sites (tertiary alicyclic amines) is 3. The molecule has 2 aromatic carbocycles. The maximum Gasteiger partial charge on any atom is 0.410 e. The number of aliphatic hydroxyl groups excluding tert-OH is 1. The van der Waals surface area contributed by atoms with E-state index in [-0.39, 0.29) is 30.7 Å². The van der Waals surface area contributed by atoms with Crippen molar-refractivity contribution in [2.75, 3.05) is 51.1 Å². The van der Waals surface area contributed by atoms with E-state index in [1.165, 1.54) is 18.5 Å². The van der Waals surface area contributed by atoms with E-state index in [4.69, 9.17) is 9.47 Å². The predicted octanol–water partition coefficient (Wildman–Crippen LogP) is 8.10. The normalized spacial score (nSPS) is 20.1. The number of amides is 3. The van der Waals surface area contributed by atoms with E-state index in [0.29, 0.717) is 46.5 Å². The highest BCUT2D eigenvalue weighted by molar-refractivity contribution is 5.97. The number of H-pyrrole nitrogens is 1. The van der Waals surface area contributed by atoms with Gasteiger partial charge in [0.1, 0.15) is 35.2 Å². The standard InChI is InChI=1S/C44H58FN7O5/c1-27(2)19-31-24-52(25-39(31)53)42(54)49-37-21-32(45)20-35(28(37)3)40-36-22-38(48-41(36)47-26-46-40)30-7-9-33(10-8-30)56-34-13-15-50(16-14-34)23-29-11-17-51(18-12-29)43(55)57-44(4,5)6/h7-10,20-22,26-27,29,31,34,39,53H,11-19,23-25H2,1-6H3,(H,49,54)(H,46,47,48)/t31-,39-/m0/s1. The van der Waals surface area contributed by atoms with Crippen LogP contribution in [0, 0.1) is 30.5 Å². The lowest BCUT2D eigenvalue weighted by atomic mass is 9.95. The molecule has 0 aliphatic carbocycles. The van der Waals surface area contributed by atoms with E-state index in [0.717, 1.165) is 87.2 Å². The van der Waals surface area contributed by atoms with Crippen molar-refractivity contribution < 1.29 is 28.6 Å². The molecule has 3 amide bonds. The molecule has 3 N–H and O–H groups in total. The van der Waals surface area contributed by atoms with Crippen LogP contribution in [0.5, 0.6) is 5.75 Å². The summed E-state index contributed by atoms with van der Waals surface area (Å²) in [7, 11) is 0. The number of fused-ring (bicyclic) bond motifs is 1. The quantitative estimate of drug-likeness (QED) is 0.155. The first-order valence-electron chi connectivity index (χ1n) is 20.5. The summed E-state index contributed by atoms with van der Waals surface area (Å²) in [5, 5.41) is 14.2. The first-order valence-corrected chi connectivity index (χ1v) is 20.5. The number of aromatic amines is 1. The number of carbonyl (C=O) groups excluding carboxylic acids is 2. The van der Waals surface area contributed by atoms with Crippen molar-refractivity contribution in [1.29, 1.82) is 0 Å². The van der Waals surface area contributed by atoms with Crippen LogP contribution in [0.1, 0.15) is 72.3 Å². The summed E-state index contributed by atoms with van der Waals surface area (Å²) in [4.78, 5) is 44.1. The van der Waals surface area contributed by atoms with Gasteiger partial charge in [-0.05, 0) is 125 Å². The average Bonchev–Trinajstić information content (AvgIpc) is 3.77. The van der Waals surface area contributed by atoms with Crippen LogP contribution in [0.4, 0.5) is 19.7 Å². The van der Waals surface area contributed by atoms with Gasteiger partial charge >= 0.3 is 12.1 Å². The minimum atomic E-state index is -0.576. The van der Waals surface area contributed by atoms with E-state index in [2.05, 4.69) is 39.0 Å². The van der Waals surface area contributed by atoms with Crippen LogP contribution in [0.3, 0.4) is 0 Å². The molecule has 3 fully saturated rings. The number of hydrogen-bond donors (Lipinski definition) is 3. The highest BCUT2D eigenvalue weighted by Crippen LogP contribution is 2.36. The van der Waals surface area contributed by atoms with E-state index < -0.39 is 17.5 Å². The number of rotatable bonds is 9. The molecule has 7 rings (SSSR count). The largest absolute Gasteiger partial charge is 0.490 e. The number of carbonyl (C=O) groups is 2. The van der Waals surface area contributed by atoms with Crippen molar-refractivity contribution in [2.24, 2.45) is 17.8 Å². The molecule has 12 nitrogen and oxygen atoms in total. The molecule has 0 radical (unpaired) electrons. The topological polar surface area (TPSA) is 136 Å². The number of benzene rings is 2. The average molecular weight is 784 g/mol. The molecule has 0 unspecified atom stereocenters. The Balaban J connectivity index is 0.947. The van der Waals surface area contributed by atoms with E-state index >= 15 is 4.39 Å². The molecule has 0 bridgehead atoms. The fraction of sp³-hybridized carbons (Fsp3) is 0.545. The Kier molecular flexibility index (Phi) is 12.1. The Morgan fingerprint density at radius 3 is 2.39 bits per heavy atom. The molecular formula is C44H58FN7O5. The van der Waals surface area contributed by atoms with Gasteiger partial charge in [0, 0.05) is 74.1 Å². The van der Waals surface area contributed by atoms with Gasteiger partial charge < -0.3 is 39.6 Å². The molecule has 13 heteroatoms. The predicted molar refractivity (Wildman–Crippen MR) is 220 cm³/mol. The molecule has 3 aliphatic heterocycles. The number of halogens is 1. The van der Waals surface area contributed by atoms with Crippen LogP contribution in [0.15, 0.2) is 48.8 Å². The van der Waals surface area contributed by atoms with Crippen molar-refractivity contribution in [3.05, 3.63) is 60.2 Å². The number of nitrogens with one attached hydrogen (secondary N) is 2. The molecule has 4 aromatic rings. The zero-order valence-corrected chi connectivity index (χ0v) is 34.2. The smallest absolute Gasteiger partial charge is 0.410 e. The number of hydrogen-bond acceptors (Lipinski definition) is 8. The maximum absolute atomic E-state index is 15.2. The van der Waals surface area contributed by atoms with Crippen molar-refractivity contribution in [1.82, 2.24) is 29.7 Å². The second-order valence-electron chi connectivity index (χ2n) is 17.6. The van der Waals surface area contributed by atoms with Crippen LogP contribution in [-0.4, -0.2) is 111 Å². The third-order valence-electron chi connectivity index (χ3n) is 11.5. The Bertz CT molecular complexity index is 2030. The molecule has 57 heavy (non-hydrogen) atoms. The van der Waals surface area contributed by atoms with Gasteiger partial charge in [-0.1, -0.05) is 13.8 Å². The van der Waals surface area contributed by atoms with Gasteiger partial charge in [-0.15, -0.1) is 0 Å². The van der Waals surface area contributed by atoms with Gasteiger partial charge in [-0.25, -0.2) is 23.9 Å². The van der Waals surface area contributed by atoms with Crippen molar-refractivity contribution in [3.8, 4) is 28.3 Å². The lowest BCUT2D eigenvalue weighted by Crippen LogP contribution is -2.45. The Hall–Kier alpha value is -4.75. The molecule has 2 atom stereocenters. The SMILES string of the molecule is Cc1c(NC(=O)N2C[C@H](CC(C)C)[C@@H](O)C2)cc(F)cc1-c1ncnc2[nH]c(-c3ccc(OC4CCN(CC5CCN(C(=O)OC(C)(C)C)CC5)CC4)cc3)cc12. The van der Waals surface area contributed by atoms with Crippen LogP contribution < -0.4 is 10.1 Å². The van der Waals surface area contributed by atoms with Gasteiger partial charge in [0.05, 0.1) is 11.8 Å². The molecule has 5 heterocycles. The number of nitrogens with zero attached hydrogens (tertiary/aromatic N) is 5. The second-order valence-corrected chi connectivity index (χ2v) is 17.6. The zero-order valence-electron chi connectivity index (χ0n) is 34.2. The highest BCUT2D eigenvalue weighted by Gasteiger charge is 2.35. The highest BCUT2D eigenvalue weighted by atomic mass is 19.1. The molecule has 3 saturated heterocycles. The van der Waals surface area contributed by atoms with Gasteiger partial charge in [0.15, 0.2) is 0 Å². The number of urea groups is 1. The summed E-state index contributed by atoms with van der Waals surface area (Å²) in [5.41, 5.74) is 4.09. The van der Waals surface area contributed by atoms with Crippen LogP contribution in [0.2, 0.25) is 0 Å². The summed E-state index contributed by atoms with van der Waals surface area (Å²) in [6.07, 6.45) is 5.59. The Labute approximate surface area is 335 Å². The minimum absolute atomic E-state index is 0.0187. The summed E-state index contributed by atoms with van der Waals surface area (Å²) >= 11 is 0. The van der Waals surface area contributed by atoms with Crippen LogP contribution >= 0.6 is 0 Å². The van der Waals surface area contributed by atoms with E-state index in [1.807, 2.05) is 62.9 Å². The summed E-state index contributed by atoms with van der Waals surface area (Å²) in [6, 6.07) is 12.4. The Morgan fingerprint density at radius 1 is 0.982 bits per heavy atom. The van der Waals surface area contributed by atoms with Crippen LogP contribution in [0.25, 0.3) is 33.5 Å². The lowest BCUT2D eigenvalue weighted by Gasteiger charge is -2.38.